The summed E-state index contributed by atoms with van der Waals surface area (Å²) in [4.78, 5) is 0. The van der Waals surface area contributed by atoms with E-state index in [1.54, 1.807) is 10.9 Å². The second-order valence-electron chi connectivity index (χ2n) is 3.08. The standard InChI is InChI=1S/C8H13F3N4/c1-2-15-6-13-14-7(15)5-12-4-3-8(9,10)11/h6,12H,2-5H2,1H3. The van der Waals surface area contributed by atoms with Gasteiger partial charge in [0.2, 0.25) is 0 Å². The van der Waals surface area contributed by atoms with Crippen LogP contribution in [0.3, 0.4) is 0 Å². The molecule has 1 aromatic heterocycles. The Kier molecular flexibility index (Phi) is 4.07. The summed E-state index contributed by atoms with van der Waals surface area (Å²) in [5, 5.41) is 10.1. The first-order chi connectivity index (χ1) is 7.03. The number of nitrogens with one attached hydrogen (secondary N) is 1. The third-order valence-corrected chi connectivity index (χ3v) is 1.90. The van der Waals surface area contributed by atoms with Gasteiger partial charge in [0.15, 0.2) is 0 Å². The zero-order valence-electron chi connectivity index (χ0n) is 8.38. The molecule has 7 heteroatoms. The fourth-order valence-electron chi connectivity index (χ4n) is 1.11. The summed E-state index contributed by atoms with van der Waals surface area (Å²) in [7, 11) is 0. The van der Waals surface area contributed by atoms with E-state index in [4.69, 9.17) is 0 Å². The zero-order valence-corrected chi connectivity index (χ0v) is 8.38. The largest absolute Gasteiger partial charge is 0.390 e. The van der Waals surface area contributed by atoms with Gasteiger partial charge in [0.25, 0.3) is 0 Å². The number of halogens is 3. The third-order valence-electron chi connectivity index (χ3n) is 1.90. The van der Waals surface area contributed by atoms with Crippen LogP contribution in [-0.2, 0) is 13.1 Å². The van der Waals surface area contributed by atoms with Crippen LogP contribution >= 0.6 is 0 Å². The van der Waals surface area contributed by atoms with Gasteiger partial charge in [-0.15, -0.1) is 10.2 Å². The highest BCUT2D eigenvalue weighted by Gasteiger charge is 2.25. The molecule has 0 unspecified atom stereocenters. The molecule has 0 fully saturated rings. The minimum Gasteiger partial charge on any atom is -0.317 e. The first kappa shape index (κ1) is 12.0. The van der Waals surface area contributed by atoms with Crippen molar-refractivity contribution in [2.45, 2.75) is 32.6 Å². The number of alkyl halides is 3. The number of aromatic nitrogens is 3. The molecule has 0 spiro atoms. The maximum atomic E-state index is 11.8. The first-order valence-corrected chi connectivity index (χ1v) is 4.67. The summed E-state index contributed by atoms with van der Waals surface area (Å²) in [5.41, 5.74) is 0. The quantitative estimate of drug-likeness (QED) is 0.764. The van der Waals surface area contributed by atoms with Gasteiger partial charge in [0, 0.05) is 13.1 Å². The lowest BCUT2D eigenvalue weighted by molar-refractivity contribution is -0.133. The summed E-state index contributed by atoms with van der Waals surface area (Å²) in [6.07, 6.45) is -3.38. The highest BCUT2D eigenvalue weighted by atomic mass is 19.4. The van der Waals surface area contributed by atoms with Gasteiger partial charge >= 0.3 is 6.18 Å². The van der Waals surface area contributed by atoms with Crippen molar-refractivity contribution < 1.29 is 13.2 Å². The molecule has 0 aliphatic heterocycles. The van der Waals surface area contributed by atoms with Crippen molar-refractivity contribution >= 4 is 0 Å². The predicted octanol–water partition coefficient (Wildman–Crippen LogP) is 1.34. The second kappa shape index (κ2) is 5.11. The van der Waals surface area contributed by atoms with E-state index in [0.29, 0.717) is 18.9 Å². The van der Waals surface area contributed by atoms with E-state index in [9.17, 15) is 13.2 Å². The maximum Gasteiger partial charge on any atom is 0.390 e. The molecule has 0 saturated carbocycles. The Morgan fingerprint density at radius 3 is 2.80 bits per heavy atom. The molecule has 1 rings (SSSR count). The topological polar surface area (TPSA) is 42.7 Å². The summed E-state index contributed by atoms with van der Waals surface area (Å²) in [5.74, 6) is 0.652. The lowest BCUT2D eigenvalue weighted by Crippen LogP contribution is -2.22. The van der Waals surface area contributed by atoms with Gasteiger partial charge in [0.1, 0.15) is 12.2 Å². The van der Waals surface area contributed by atoms with Crippen LogP contribution in [0.1, 0.15) is 19.2 Å². The molecule has 0 radical (unpaired) electrons. The number of nitrogens with zero attached hydrogens (tertiary/aromatic N) is 3. The molecule has 4 nitrogen and oxygen atoms in total. The van der Waals surface area contributed by atoms with Crippen LogP contribution in [0, 0.1) is 0 Å². The van der Waals surface area contributed by atoms with Gasteiger partial charge < -0.3 is 9.88 Å². The van der Waals surface area contributed by atoms with Crippen LogP contribution in [0.25, 0.3) is 0 Å². The molecular weight excluding hydrogens is 209 g/mol. The third kappa shape index (κ3) is 4.28. The van der Waals surface area contributed by atoms with Crippen molar-refractivity contribution in [1.29, 1.82) is 0 Å². The van der Waals surface area contributed by atoms with E-state index in [1.165, 1.54) is 0 Å². The van der Waals surface area contributed by atoms with Crippen molar-refractivity contribution in [1.82, 2.24) is 20.1 Å². The molecule has 0 aliphatic rings. The lowest BCUT2D eigenvalue weighted by Gasteiger charge is -2.07. The van der Waals surface area contributed by atoms with Crippen LogP contribution in [0.2, 0.25) is 0 Å². The molecule has 15 heavy (non-hydrogen) atoms. The van der Waals surface area contributed by atoms with Crippen LogP contribution < -0.4 is 5.32 Å². The molecule has 0 aromatic carbocycles. The molecule has 1 N–H and O–H groups in total. The van der Waals surface area contributed by atoms with Crippen molar-refractivity contribution in [2.24, 2.45) is 0 Å². The fourth-order valence-corrected chi connectivity index (χ4v) is 1.11. The molecule has 0 atom stereocenters. The molecule has 1 aromatic rings. The van der Waals surface area contributed by atoms with Crippen molar-refractivity contribution in [3.63, 3.8) is 0 Å². The SMILES string of the molecule is CCn1cnnc1CNCCC(F)(F)F. The summed E-state index contributed by atoms with van der Waals surface area (Å²) in [6.45, 7) is 2.84. The molecule has 0 bridgehead atoms. The van der Waals surface area contributed by atoms with Crippen molar-refractivity contribution in [2.75, 3.05) is 6.54 Å². The first-order valence-electron chi connectivity index (χ1n) is 4.67. The van der Waals surface area contributed by atoms with Crippen molar-refractivity contribution in [3.8, 4) is 0 Å². The average molecular weight is 222 g/mol. The minimum absolute atomic E-state index is 0.0971. The van der Waals surface area contributed by atoms with Gasteiger partial charge in [-0.1, -0.05) is 0 Å². The number of rotatable bonds is 5. The smallest absolute Gasteiger partial charge is 0.317 e. The monoisotopic (exact) mass is 222 g/mol. The van der Waals surface area contributed by atoms with Gasteiger partial charge in [-0.3, -0.25) is 0 Å². The van der Waals surface area contributed by atoms with Crippen molar-refractivity contribution in [3.05, 3.63) is 12.2 Å². The number of hydrogen-bond donors (Lipinski definition) is 1. The molecule has 0 saturated heterocycles. The highest BCUT2D eigenvalue weighted by molar-refractivity contribution is 4.84. The van der Waals surface area contributed by atoms with E-state index in [1.807, 2.05) is 6.92 Å². The van der Waals surface area contributed by atoms with Crippen LogP contribution in [0.4, 0.5) is 13.2 Å². The zero-order chi connectivity index (χ0) is 11.3. The van der Waals surface area contributed by atoms with Gasteiger partial charge in [-0.2, -0.15) is 13.2 Å². The Hall–Kier alpha value is -1.11. The normalized spacial score (nSPS) is 12.0. The average Bonchev–Trinajstić information content (AvgIpc) is 2.58. The Morgan fingerprint density at radius 1 is 1.47 bits per heavy atom. The summed E-state index contributed by atoms with van der Waals surface area (Å²) < 4.78 is 37.2. The summed E-state index contributed by atoms with van der Waals surface area (Å²) in [6, 6.07) is 0. The van der Waals surface area contributed by atoms with Gasteiger partial charge in [-0.25, -0.2) is 0 Å². The Balaban J connectivity index is 2.26. The van der Waals surface area contributed by atoms with E-state index < -0.39 is 12.6 Å². The molecular formula is C8H13F3N4. The van der Waals surface area contributed by atoms with Gasteiger partial charge in [-0.05, 0) is 6.92 Å². The van der Waals surface area contributed by atoms with E-state index in [2.05, 4.69) is 15.5 Å². The molecule has 0 amide bonds. The summed E-state index contributed by atoms with van der Waals surface area (Å²) >= 11 is 0. The minimum atomic E-state index is -4.11. The second-order valence-corrected chi connectivity index (χ2v) is 3.08. The Labute approximate surface area is 85.5 Å². The number of aryl methyl sites for hydroxylation is 1. The molecule has 1 heterocycles. The van der Waals surface area contributed by atoms with E-state index in [0.717, 1.165) is 0 Å². The van der Waals surface area contributed by atoms with Crippen LogP contribution in [0.15, 0.2) is 6.33 Å². The number of hydrogen-bond acceptors (Lipinski definition) is 3. The molecule has 0 aliphatic carbocycles. The highest BCUT2D eigenvalue weighted by Crippen LogP contribution is 2.18. The Morgan fingerprint density at radius 2 is 2.20 bits per heavy atom. The van der Waals surface area contributed by atoms with Gasteiger partial charge in [0.05, 0.1) is 13.0 Å². The lowest BCUT2D eigenvalue weighted by atomic mass is 10.4. The molecule has 86 valence electrons. The van der Waals surface area contributed by atoms with Crippen LogP contribution in [-0.4, -0.2) is 27.5 Å². The Bertz CT molecular complexity index is 294. The van der Waals surface area contributed by atoms with Crippen LogP contribution in [0.5, 0.6) is 0 Å². The van der Waals surface area contributed by atoms with E-state index >= 15 is 0 Å². The van der Waals surface area contributed by atoms with E-state index in [-0.39, 0.29) is 6.54 Å². The maximum absolute atomic E-state index is 11.8. The predicted molar refractivity (Wildman–Crippen MR) is 48.1 cm³/mol. The fraction of sp³-hybridized carbons (Fsp3) is 0.750.